The number of nitrogens with zero attached hydrogens (tertiary/aromatic N) is 1. The molecule has 1 aromatic rings. The summed E-state index contributed by atoms with van der Waals surface area (Å²) in [5.74, 6) is 1.93. The van der Waals surface area contributed by atoms with Crippen molar-refractivity contribution in [3.63, 3.8) is 0 Å². The molecule has 0 unspecified atom stereocenters. The van der Waals surface area contributed by atoms with Gasteiger partial charge in [-0.2, -0.15) is 12.6 Å². The third kappa shape index (κ3) is 3.18. The summed E-state index contributed by atoms with van der Waals surface area (Å²) in [5, 5.41) is 0. The summed E-state index contributed by atoms with van der Waals surface area (Å²) in [6.45, 7) is 2.43. The van der Waals surface area contributed by atoms with Crippen LogP contribution >= 0.6 is 12.6 Å². The van der Waals surface area contributed by atoms with E-state index in [4.69, 9.17) is 0 Å². The van der Waals surface area contributed by atoms with E-state index in [0.717, 1.165) is 11.7 Å². The second-order valence-electron chi connectivity index (χ2n) is 4.63. The first-order valence-corrected chi connectivity index (χ1v) is 6.94. The highest BCUT2D eigenvalue weighted by Crippen LogP contribution is 2.24. The Kier molecular flexibility index (Phi) is 4.58. The molecule has 0 aromatic heterocycles. The van der Waals surface area contributed by atoms with E-state index in [1.807, 2.05) is 0 Å². The summed E-state index contributed by atoms with van der Waals surface area (Å²) < 4.78 is 0. The molecule has 2 heteroatoms. The maximum Gasteiger partial charge on any atom is 0.0366 e. The first-order valence-electron chi connectivity index (χ1n) is 6.31. The first-order chi connectivity index (χ1) is 7.90. The zero-order valence-corrected chi connectivity index (χ0v) is 10.7. The van der Waals surface area contributed by atoms with E-state index in [1.165, 1.54) is 44.5 Å². The fourth-order valence-corrected chi connectivity index (χ4v) is 2.90. The minimum absolute atomic E-state index is 0.895. The molecule has 88 valence electrons. The minimum Gasteiger partial charge on any atom is -0.372 e. The van der Waals surface area contributed by atoms with Crippen molar-refractivity contribution in [1.29, 1.82) is 0 Å². The van der Waals surface area contributed by atoms with Crippen molar-refractivity contribution >= 4 is 18.3 Å². The summed E-state index contributed by atoms with van der Waals surface area (Å²) in [4.78, 5) is 2.53. The molecule has 2 rings (SSSR count). The van der Waals surface area contributed by atoms with Crippen LogP contribution in [0.5, 0.6) is 0 Å². The highest BCUT2D eigenvalue weighted by Gasteiger charge is 2.16. The smallest absolute Gasteiger partial charge is 0.0366 e. The molecule has 1 atom stereocenters. The van der Waals surface area contributed by atoms with Gasteiger partial charge in [-0.3, -0.25) is 0 Å². The predicted octanol–water partition coefficient (Wildman–Crippen LogP) is 3.61. The van der Waals surface area contributed by atoms with Crippen LogP contribution in [0.4, 0.5) is 5.69 Å². The average Bonchev–Trinajstić information content (AvgIpc) is 2.57. The highest BCUT2D eigenvalue weighted by molar-refractivity contribution is 7.80. The van der Waals surface area contributed by atoms with Gasteiger partial charge in [-0.1, -0.05) is 18.2 Å². The van der Waals surface area contributed by atoms with Gasteiger partial charge < -0.3 is 4.90 Å². The van der Waals surface area contributed by atoms with Crippen molar-refractivity contribution in [1.82, 2.24) is 0 Å². The molecular formula is C14H21NS. The number of para-hydroxylation sites is 1. The van der Waals surface area contributed by atoms with Crippen LogP contribution in [0, 0.1) is 5.92 Å². The average molecular weight is 235 g/mol. The van der Waals surface area contributed by atoms with Gasteiger partial charge in [0.25, 0.3) is 0 Å². The van der Waals surface area contributed by atoms with Crippen molar-refractivity contribution in [3.05, 3.63) is 30.3 Å². The fraction of sp³-hybridized carbons (Fsp3) is 0.571. The van der Waals surface area contributed by atoms with Crippen molar-refractivity contribution in [2.45, 2.75) is 25.7 Å². The Morgan fingerprint density at radius 1 is 1.12 bits per heavy atom. The molecule has 1 saturated heterocycles. The number of anilines is 1. The van der Waals surface area contributed by atoms with Crippen LogP contribution in [0.2, 0.25) is 0 Å². The molecule has 0 bridgehead atoms. The van der Waals surface area contributed by atoms with Gasteiger partial charge in [0.2, 0.25) is 0 Å². The zero-order chi connectivity index (χ0) is 11.2. The lowest BCUT2D eigenvalue weighted by Gasteiger charge is -2.22. The van der Waals surface area contributed by atoms with Crippen molar-refractivity contribution < 1.29 is 0 Å². The lowest BCUT2D eigenvalue weighted by atomic mass is 9.98. The summed E-state index contributed by atoms with van der Waals surface area (Å²) in [6.07, 6.45) is 5.32. The van der Waals surface area contributed by atoms with E-state index >= 15 is 0 Å². The Hall–Kier alpha value is -0.630. The monoisotopic (exact) mass is 235 g/mol. The Balaban J connectivity index is 1.94. The maximum atomic E-state index is 4.34. The van der Waals surface area contributed by atoms with Gasteiger partial charge in [0.05, 0.1) is 0 Å². The van der Waals surface area contributed by atoms with Crippen molar-refractivity contribution in [2.75, 3.05) is 23.7 Å². The molecule has 1 aliphatic rings. The summed E-state index contributed by atoms with van der Waals surface area (Å²) in [7, 11) is 0. The van der Waals surface area contributed by atoms with E-state index in [-0.39, 0.29) is 0 Å². The van der Waals surface area contributed by atoms with Crippen LogP contribution in [0.15, 0.2) is 30.3 Å². The molecule has 0 saturated carbocycles. The van der Waals surface area contributed by atoms with E-state index in [2.05, 4.69) is 47.9 Å². The Bertz CT molecular complexity index is 299. The van der Waals surface area contributed by atoms with Gasteiger partial charge in [-0.05, 0) is 49.5 Å². The normalized spacial score (nSPS) is 21.8. The third-order valence-corrected chi connectivity index (χ3v) is 3.76. The lowest BCUT2D eigenvalue weighted by Crippen LogP contribution is -2.24. The Labute approximate surface area is 104 Å². The largest absolute Gasteiger partial charge is 0.372 e. The van der Waals surface area contributed by atoms with E-state index in [1.54, 1.807) is 0 Å². The van der Waals surface area contributed by atoms with Crippen LogP contribution in [-0.4, -0.2) is 18.8 Å². The molecular weight excluding hydrogens is 214 g/mol. The second kappa shape index (κ2) is 6.19. The van der Waals surface area contributed by atoms with Crippen LogP contribution in [0.25, 0.3) is 0 Å². The topological polar surface area (TPSA) is 3.24 Å². The molecule has 1 nitrogen and oxygen atoms in total. The van der Waals surface area contributed by atoms with Gasteiger partial charge in [-0.15, -0.1) is 0 Å². The molecule has 0 spiro atoms. The maximum absolute atomic E-state index is 4.34. The second-order valence-corrected chi connectivity index (χ2v) is 5.08. The van der Waals surface area contributed by atoms with E-state index in [9.17, 15) is 0 Å². The van der Waals surface area contributed by atoms with Crippen LogP contribution in [0.3, 0.4) is 0 Å². The lowest BCUT2D eigenvalue weighted by molar-refractivity contribution is 0.463. The summed E-state index contributed by atoms with van der Waals surface area (Å²) in [6, 6.07) is 10.8. The van der Waals surface area contributed by atoms with Crippen molar-refractivity contribution in [2.24, 2.45) is 5.92 Å². The molecule has 1 aliphatic heterocycles. The predicted molar refractivity (Wildman–Crippen MR) is 74.5 cm³/mol. The summed E-state index contributed by atoms with van der Waals surface area (Å²) in [5.41, 5.74) is 1.38. The van der Waals surface area contributed by atoms with E-state index in [0.29, 0.717) is 0 Å². The number of thiol groups is 1. The Morgan fingerprint density at radius 2 is 1.94 bits per heavy atom. The minimum atomic E-state index is 0.895. The van der Waals surface area contributed by atoms with Crippen LogP contribution < -0.4 is 4.90 Å². The van der Waals surface area contributed by atoms with Gasteiger partial charge in [0.15, 0.2) is 0 Å². The number of hydrogen-bond donors (Lipinski definition) is 1. The fourth-order valence-electron chi connectivity index (χ4n) is 2.53. The van der Waals surface area contributed by atoms with Gasteiger partial charge in [0, 0.05) is 18.8 Å². The first kappa shape index (κ1) is 11.8. The SMILES string of the molecule is SCC[C@H]1CCCN(c2ccccc2)CC1. The number of benzene rings is 1. The van der Waals surface area contributed by atoms with Gasteiger partial charge in [-0.25, -0.2) is 0 Å². The molecule has 0 aliphatic carbocycles. The molecule has 1 fully saturated rings. The van der Waals surface area contributed by atoms with Crippen LogP contribution in [-0.2, 0) is 0 Å². The van der Waals surface area contributed by atoms with Gasteiger partial charge in [0.1, 0.15) is 0 Å². The number of hydrogen-bond acceptors (Lipinski definition) is 2. The molecule has 0 N–H and O–H groups in total. The quantitative estimate of drug-likeness (QED) is 0.783. The molecule has 0 amide bonds. The highest BCUT2D eigenvalue weighted by atomic mass is 32.1. The number of rotatable bonds is 3. The molecule has 16 heavy (non-hydrogen) atoms. The van der Waals surface area contributed by atoms with Crippen molar-refractivity contribution in [3.8, 4) is 0 Å². The molecule has 0 radical (unpaired) electrons. The standard InChI is InChI=1S/C14H21NS/c16-12-9-13-5-4-10-15(11-8-13)14-6-2-1-3-7-14/h1-3,6-7,13,16H,4-5,8-12H2/t13-/m0/s1. The molecule has 1 heterocycles. The third-order valence-electron chi connectivity index (χ3n) is 3.51. The molecule has 1 aromatic carbocycles. The Morgan fingerprint density at radius 3 is 2.69 bits per heavy atom. The van der Waals surface area contributed by atoms with E-state index < -0.39 is 0 Å². The van der Waals surface area contributed by atoms with Gasteiger partial charge >= 0.3 is 0 Å². The zero-order valence-electron chi connectivity index (χ0n) is 9.81. The summed E-state index contributed by atoms with van der Waals surface area (Å²) >= 11 is 4.34. The van der Waals surface area contributed by atoms with Crippen LogP contribution in [0.1, 0.15) is 25.7 Å².